The summed E-state index contributed by atoms with van der Waals surface area (Å²) in [6.45, 7) is 2.68. The molecule has 1 heterocycles. The van der Waals surface area contributed by atoms with Crippen LogP contribution in [0.4, 0.5) is 0 Å². The van der Waals surface area contributed by atoms with Gasteiger partial charge in [-0.2, -0.15) is 0 Å². The van der Waals surface area contributed by atoms with Gasteiger partial charge in [0.05, 0.1) is 0 Å². The normalized spacial score (nSPS) is 11.9. The van der Waals surface area contributed by atoms with Gasteiger partial charge >= 0.3 is 51.4 Å². The molecule has 0 aliphatic carbocycles. The molecule has 0 unspecified atom stereocenters. The zero-order chi connectivity index (χ0) is 11.9. The summed E-state index contributed by atoms with van der Waals surface area (Å²) < 4.78 is 25.9. The fourth-order valence-corrected chi connectivity index (χ4v) is 1.11. The number of carboxylic acid groups (broad SMARTS) is 1. The molecule has 0 saturated carbocycles. The summed E-state index contributed by atoms with van der Waals surface area (Å²) in [7, 11) is -3.48. The number of hydrogen-bond donors (Lipinski definition) is 0. The first kappa shape index (κ1) is 16.2. The van der Waals surface area contributed by atoms with E-state index in [0.29, 0.717) is 0 Å². The summed E-state index contributed by atoms with van der Waals surface area (Å²) in [5.74, 6) is -2.65. The van der Waals surface area contributed by atoms with Gasteiger partial charge in [-0.15, -0.1) is 10.2 Å². The number of hydrogen-bond acceptors (Lipinski definition) is 7. The van der Waals surface area contributed by atoms with Crippen molar-refractivity contribution in [1.82, 2.24) is 10.2 Å². The van der Waals surface area contributed by atoms with Gasteiger partial charge in [-0.25, -0.2) is 8.42 Å². The van der Waals surface area contributed by atoms with Crippen molar-refractivity contribution in [2.24, 2.45) is 0 Å². The van der Waals surface area contributed by atoms with E-state index in [-0.39, 0.29) is 57.3 Å². The second kappa shape index (κ2) is 5.23. The Labute approximate surface area is 135 Å². The zero-order valence-corrected chi connectivity index (χ0v) is 13.3. The van der Waals surface area contributed by atoms with Crippen molar-refractivity contribution < 1.29 is 74.1 Å². The molecule has 0 aliphatic rings. The van der Waals surface area contributed by atoms with Gasteiger partial charge in [0.1, 0.15) is 10.7 Å². The van der Waals surface area contributed by atoms with Crippen LogP contribution in [0.2, 0.25) is 0 Å². The molecule has 7 nitrogen and oxygen atoms in total. The average Bonchev–Trinajstić information content (AvgIpc) is 2.49. The van der Waals surface area contributed by atoms with E-state index in [1.807, 2.05) is 0 Å². The SMILES string of the molecule is CC(C)(c1nnc(C(=O)[O-])o1)S(C)(=O)=O.[K+]. The Balaban J connectivity index is 0.00000225. The number of sulfone groups is 1. The Morgan fingerprint density at radius 3 is 2.19 bits per heavy atom. The molecular weight excluding hydrogens is 263 g/mol. The molecule has 84 valence electrons. The predicted molar refractivity (Wildman–Crippen MR) is 46.5 cm³/mol. The van der Waals surface area contributed by atoms with E-state index in [0.717, 1.165) is 6.26 Å². The van der Waals surface area contributed by atoms with Crippen LogP contribution in [0, 0.1) is 0 Å². The summed E-state index contributed by atoms with van der Waals surface area (Å²) in [5, 5.41) is 16.8. The Bertz CT molecular complexity index is 493. The minimum Gasteiger partial charge on any atom is -0.540 e. The fourth-order valence-electron chi connectivity index (χ4n) is 0.708. The molecular formula is C7H9KN2O5S. The first-order valence-electron chi connectivity index (χ1n) is 3.91. The Morgan fingerprint density at radius 1 is 1.38 bits per heavy atom. The molecule has 1 rings (SSSR count). The van der Waals surface area contributed by atoms with Gasteiger partial charge < -0.3 is 14.3 Å². The van der Waals surface area contributed by atoms with E-state index in [2.05, 4.69) is 14.6 Å². The van der Waals surface area contributed by atoms with E-state index in [1.54, 1.807) is 0 Å². The van der Waals surface area contributed by atoms with Crippen molar-refractivity contribution in [1.29, 1.82) is 0 Å². The van der Waals surface area contributed by atoms with E-state index in [1.165, 1.54) is 13.8 Å². The summed E-state index contributed by atoms with van der Waals surface area (Å²) in [6.07, 6.45) is 0.996. The molecule has 0 spiro atoms. The summed E-state index contributed by atoms with van der Waals surface area (Å²) in [6, 6.07) is 0. The molecule has 0 aromatic carbocycles. The average molecular weight is 272 g/mol. The van der Waals surface area contributed by atoms with Gasteiger partial charge in [-0.3, -0.25) is 0 Å². The quantitative estimate of drug-likeness (QED) is 0.512. The molecule has 9 heteroatoms. The van der Waals surface area contributed by atoms with E-state index in [9.17, 15) is 18.3 Å². The minimum atomic E-state index is -3.48. The monoisotopic (exact) mass is 272 g/mol. The maximum Gasteiger partial charge on any atom is 1.00 e. The van der Waals surface area contributed by atoms with E-state index >= 15 is 0 Å². The minimum absolute atomic E-state index is 0. The number of rotatable bonds is 3. The van der Waals surface area contributed by atoms with E-state index < -0.39 is 26.4 Å². The molecule has 1 aromatic heterocycles. The standard InChI is InChI=1S/C7H10N2O5S.K/c1-7(2,15(3,12)13)6-9-8-4(14-6)5(10)11;/h1-3H3,(H,10,11);/q;+1/p-1. The van der Waals surface area contributed by atoms with Crippen LogP contribution < -0.4 is 56.5 Å². The van der Waals surface area contributed by atoms with Crippen LogP contribution >= 0.6 is 0 Å². The molecule has 0 amide bonds. The van der Waals surface area contributed by atoms with Crippen molar-refractivity contribution in [2.45, 2.75) is 18.6 Å². The number of carbonyl (C=O) groups is 1. The van der Waals surface area contributed by atoms with Gasteiger partial charge in [0.25, 0.3) is 5.89 Å². The largest absolute Gasteiger partial charge is 1.00 e. The third kappa shape index (κ3) is 3.11. The summed E-state index contributed by atoms with van der Waals surface area (Å²) in [5.41, 5.74) is 0. The van der Waals surface area contributed by atoms with Crippen molar-refractivity contribution in [3.05, 3.63) is 11.8 Å². The summed E-state index contributed by atoms with van der Waals surface area (Å²) in [4.78, 5) is 10.3. The van der Waals surface area contributed by atoms with E-state index in [4.69, 9.17) is 0 Å². The molecule has 0 N–H and O–H groups in total. The number of carbonyl (C=O) groups excluding carboxylic acids is 1. The second-order valence-corrected chi connectivity index (χ2v) is 6.05. The van der Waals surface area contributed by atoms with Crippen LogP contribution in [0.5, 0.6) is 0 Å². The molecule has 16 heavy (non-hydrogen) atoms. The zero-order valence-electron chi connectivity index (χ0n) is 9.34. The molecule has 0 radical (unpaired) electrons. The third-order valence-electron chi connectivity index (χ3n) is 2.04. The number of carboxylic acids is 1. The van der Waals surface area contributed by atoms with Gasteiger partial charge in [0, 0.05) is 6.26 Å². The Kier molecular flexibility index (Phi) is 5.30. The Hall–Kier alpha value is 0.196. The summed E-state index contributed by atoms with van der Waals surface area (Å²) >= 11 is 0. The molecule has 0 atom stereocenters. The first-order chi connectivity index (χ1) is 6.66. The predicted octanol–water partition coefficient (Wildman–Crippen LogP) is -4.28. The molecule has 0 bridgehead atoms. The van der Waals surface area contributed by atoms with Gasteiger partial charge in [-0.1, -0.05) is 0 Å². The van der Waals surface area contributed by atoms with Gasteiger partial charge in [0.15, 0.2) is 9.84 Å². The van der Waals surface area contributed by atoms with Crippen molar-refractivity contribution in [3.63, 3.8) is 0 Å². The van der Waals surface area contributed by atoms with Gasteiger partial charge in [-0.05, 0) is 13.8 Å². The van der Waals surface area contributed by atoms with Crippen LogP contribution in [0.3, 0.4) is 0 Å². The molecule has 0 fully saturated rings. The Morgan fingerprint density at radius 2 is 1.88 bits per heavy atom. The molecule has 0 saturated heterocycles. The fraction of sp³-hybridized carbons (Fsp3) is 0.571. The number of aromatic carboxylic acids is 1. The molecule has 0 aliphatic heterocycles. The second-order valence-electron chi connectivity index (χ2n) is 3.48. The number of aromatic nitrogens is 2. The van der Waals surface area contributed by atoms with Gasteiger partial charge in [0.2, 0.25) is 5.89 Å². The third-order valence-corrected chi connectivity index (χ3v) is 4.07. The molecule has 1 aromatic rings. The van der Waals surface area contributed by atoms with Crippen molar-refractivity contribution in [3.8, 4) is 0 Å². The smallest absolute Gasteiger partial charge is 0.540 e. The maximum absolute atomic E-state index is 11.3. The van der Waals surface area contributed by atoms with Crippen LogP contribution in [0.1, 0.15) is 30.4 Å². The van der Waals surface area contributed by atoms with Crippen molar-refractivity contribution in [2.75, 3.05) is 6.26 Å². The maximum atomic E-state index is 11.3. The first-order valence-corrected chi connectivity index (χ1v) is 5.80. The van der Waals surface area contributed by atoms with Crippen LogP contribution in [-0.4, -0.2) is 30.8 Å². The van der Waals surface area contributed by atoms with Crippen LogP contribution in [-0.2, 0) is 14.6 Å². The van der Waals surface area contributed by atoms with Crippen LogP contribution in [0.25, 0.3) is 0 Å². The number of nitrogens with zero attached hydrogens (tertiary/aromatic N) is 2. The van der Waals surface area contributed by atoms with Crippen molar-refractivity contribution >= 4 is 15.8 Å². The topological polar surface area (TPSA) is 113 Å². The van der Waals surface area contributed by atoms with Crippen LogP contribution in [0.15, 0.2) is 4.42 Å².